The molecule has 0 amide bonds. The van der Waals surface area contributed by atoms with Crippen molar-refractivity contribution in [2.24, 2.45) is 0 Å². The molecule has 1 aromatic rings. The molecule has 1 saturated heterocycles. The first kappa shape index (κ1) is 13.0. The number of nitrogens with one attached hydrogen (secondary N) is 1. The summed E-state index contributed by atoms with van der Waals surface area (Å²) in [5.41, 5.74) is 0.414. The third kappa shape index (κ3) is 2.95. The van der Waals surface area contributed by atoms with E-state index in [-0.39, 0.29) is 11.6 Å². The molecule has 2 atom stereocenters. The summed E-state index contributed by atoms with van der Waals surface area (Å²) in [5.74, 6) is -0.711. The van der Waals surface area contributed by atoms with Gasteiger partial charge in [-0.25, -0.2) is 8.78 Å². The number of likely N-dealkylation sites (tertiary alicyclic amines) is 1. The van der Waals surface area contributed by atoms with E-state index < -0.39 is 0 Å². The fourth-order valence-corrected chi connectivity index (χ4v) is 3.05. The highest BCUT2D eigenvalue weighted by molar-refractivity contribution is 5.18. The Balaban J connectivity index is 1.56. The molecule has 2 nitrogen and oxygen atoms in total. The normalized spacial score (nSPS) is 27.9. The Labute approximate surface area is 112 Å². The van der Waals surface area contributed by atoms with E-state index in [1.165, 1.54) is 25.0 Å². The van der Waals surface area contributed by atoms with Crippen LogP contribution in [-0.2, 0) is 6.54 Å². The summed E-state index contributed by atoms with van der Waals surface area (Å²) < 4.78 is 26.6. The maximum absolute atomic E-state index is 13.5. The minimum absolute atomic E-state index is 0.334. The minimum Gasteiger partial charge on any atom is -0.308 e. The zero-order chi connectivity index (χ0) is 13.4. The third-order valence-electron chi connectivity index (χ3n) is 4.23. The summed E-state index contributed by atoms with van der Waals surface area (Å²) in [6, 6.07) is 5.39. The van der Waals surface area contributed by atoms with Gasteiger partial charge < -0.3 is 5.32 Å². The molecule has 3 rings (SSSR count). The zero-order valence-corrected chi connectivity index (χ0v) is 11.2. The molecular formula is C15H20F2N2. The van der Waals surface area contributed by atoms with Crippen LogP contribution in [0.3, 0.4) is 0 Å². The average Bonchev–Trinajstić information content (AvgIpc) is 3.15. The van der Waals surface area contributed by atoms with E-state index in [9.17, 15) is 8.78 Å². The molecule has 19 heavy (non-hydrogen) atoms. The summed E-state index contributed by atoms with van der Waals surface area (Å²) in [4.78, 5) is 2.54. The van der Waals surface area contributed by atoms with E-state index in [1.807, 2.05) is 0 Å². The van der Waals surface area contributed by atoms with Gasteiger partial charge in [0.05, 0.1) is 0 Å². The largest absolute Gasteiger partial charge is 0.308 e. The molecule has 2 unspecified atom stereocenters. The van der Waals surface area contributed by atoms with E-state index in [4.69, 9.17) is 0 Å². The van der Waals surface area contributed by atoms with Gasteiger partial charge in [0.2, 0.25) is 0 Å². The van der Waals surface area contributed by atoms with E-state index in [2.05, 4.69) is 17.1 Å². The predicted octanol–water partition coefficient (Wildman–Crippen LogP) is 2.68. The molecule has 0 radical (unpaired) electrons. The second-order valence-electron chi connectivity index (χ2n) is 5.83. The highest BCUT2D eigenvalue weighted by atomic mass is 19.1. The molecule has 2 aliphatic rings. The first-order valence-electron chi connectivity index (χ1n) is 7.06. The van der Waals surface area contributed by atoms with Crippen LogP contribution in [0.25, 0.3) is 0 Å². The van der Waals surface area contributed by atoms with Crippen molar-refractivity contribution >= 4 is 0 Å². The number of rotatable bonds is 4. The molecule has 4 heteroatoms. The lowest BCUT2D eigenvalue weighted by atomic mass is 10.1. The Morgan fingerprint density at radius 2 is 2.11 bits per heavy atom. The quantitative estimate of drug-likeness (QED) is 0.901. The Hall–Kier alpha value is -1.00. The van der Waals surface area contributed by atoms with Crippen molar-refractivity contribution in [1.29, 1.82) is 0 Å². The van der Waals surface area contributed by atoms with Crippen molar-refractivity contribution in [2.75, 3.05) is 6.54 Å². The zero-order valence-electron chi connectivity index (χ0n) is 11.2. The molecule has 1 heterocycles. The Bertz CT molecular complexity index is 459. The smallest absolute Gasteiger partial charge is 0.127 e. The van der Waals surface area contributed by atoms with E-state index >= 15 is 0 Å². The van der Waals surface area contributed by atoms with E-state index in [0.717, 1.165) is 25.1 Å². The summed E-state index contributed by atoms with van der Waals surface area (Å²) in [6.45, 7) is 3.69. The SMILES string of the molecule is CC1CC(NCc2cc(F)ccc2F)CN1C1CC1. The van der Waals surface area contributed by atoms with Crippen molar-refractivity contribution in [3.63, 3.8) is 0 Å². The Morgan fingerprint density at radius 3 is 2.84 bits per heavy atom. The van der Waals surface area contributed by atoms with Crippen LogP contribution < -0.4 is 5.32 Å². The lowest BCUT2D eigenvalue weighted by Gasteiger charge is -2.19. The average molecular weight is 266 g/mol. The molecule has 104 valence electrons. The highest BCUT2D eigenvalue weighted by Crippen LogP contribution is 2.33. The third-order valence-corrected chi connectivity index (χ3v) is 4.23. The monoisotopic (exact) mass is 266 g/mol. The lowest BCUT2D eigenvalue weighted by molar-refractivity contribution is 0.255. The standard InChI is InChI=1S/C15H20F2N2/c1-10-6-13(9-19(10)14-3-4-14)18-8-11-7-12(16)2-5-15(11)17/h2,5,7,10,13-14,18H,3-4,6,8-9H2,1H3. The van der Waals surface area contributed by atoms with Crippen LogP contribution in [0.15, 0.2) is 18.2 Å². The van der Waals surface area contributed by atoms with Gasteiger partial charge in [-0.3, -0.25) is 4.90 Å². The van der Waals surface area contributed by atoms with Gasteiger partial charge in [-0.05, 0) is 44.4 Å². The van der Waals surface area contributed by atoms with Crippen LogP contribution in [0.4, 0.5) is 8.78 Å². The van der Waals surface area contributed by atoms with Gasteiger partial charge in [-0.2, -0.15) is 0 Å². The first-order chi connectivity index (χ1) is 9.13. The van der Waals surface area contributed by atoms with Crippen molar-refractivity contribution in [3.05, 3.63) is 35.4 Å². The molecule has 0 aromatic heterocycles. The minimum atomic E-state index is -0.377. The first-order valence-corrected chi connectivity index (χ1v) is 7.06. The number of nitrogens with zero attached hydrogens (tertiary/aromatic N) is 1. The number of hydrogen-bond acceptors (Lipinski definition) is 2. The maximum atomic E-state index is 13.5. The van der Waals surface area contributed by atoms with Gasteiger partial charge in [-0.15, -0.1) is 0 Å². The fourth-order valence-electron chi connectivity index (χ4n) is 3.05. The summed E-state index contributed by atoms with van der Waals surface area (Å²) >= 11 is 0. The van der Waals surface area contributed by atoms with Crippen LogP contribution in [-0.4, -0.2) is 29.6 Å². The molecule has 0 bridgehead atoms. The molecular weight excluding hydrogens is 246 g/mol. The molecule has 1 saturated carbocycles. The van der Waals surface area contributed by atoms with Crippen molar-refractivity contribution in [2.45, 2.75) is 50.9 Å². The van der Waals surface area contributed by atoms with Crippen LogP contribution in [0.5, 0.6) is 0 Å². The van der Waals surface area contributed by atoms with Crippen LogP contribution >= 0.6 is 0 Å². The number of hydrogen-bond donors (Lipinski definition) is 1. The highest BCUT2D eigenvalue weighted by Gasteiger charge is 2.38. The number of benzene rings is 1. The van der Waals surface area contributed by atoms with Crippen LogP contribution in [0, 0.1) is 11.6 Å². The van der Waals surface area contributed by atoms with Gasteiger partial charge in [0.25, 0.3) is 0 Å². The predicted molar refractivity (Wildman–Crippen MR) is 70.8 cm³/mol. The fraction of sp³-hybridized carbons (Fsp3) is 0.600. The molecule has 1 aliphatic carbocycles. The molecule has 1 aromatic carbocycles. The second-order valence-corrected chi connectivity index (χ2v) is 5.83. The Kier molecular flexibility index (Phi) is 3.54. The Morgan fingerprint density at radius 1 is 1.32 bits per heavy atom. The van der Waals surface area contributed by atoms with E-state index in [1.54, 1.807) is 0 Å². The molecule has 2 fully saturated rings. The van der Waals surface area contributed by atoms with Crippen LogP contribution in [0.2, 0.25) is 0 Å². The topological polar surface area (TPSA) is 15.3 Å². The van der Waals surface area contributed by atoms with E-state index in [0.29, 0.717) is 24.2 Å². The molecule has 1 aliphatic heterocycles. The molecule has 1 N–H and O–H groups in total. The van der Waals surface area contributed by atoms with Gasteiger partial charge in [-0.1, -0.05) is 0 Å². The van der Waals surface area contributed by atoms with Crippen molar-refractivity contribution < 1.29 is 8.78 Å². The van der Waals surface area contributed by atoms with Crippen molar-refractivity contribution in [3.8, 4) is 0 Å². The maximum Gasteiger partial charge on any atom is 0.127 e. The summed E-state index contributed by atoms with van der Waals surface area (Å²) in [5, 5.41) is 3.36. The van der Waals surface area contributed by atoms with Crippen molar-refractivity contribution in [1.82, 2.24) is 10.2 Å². The number of halogens is 2. The molecule has 0 spiro atoms. The summed E-state index contributed by atoms with van der Waals surface area (Å²) in [6.07, 6.45) is 3.72. The second kappa shape index (κ2) is 5.17. The van der Waals surface area contributed by atoms with Gasteiger partial charge in [0.1, 0.15) is 11.6 Å². The van der Waals surface area contributed by atoms with Crippen LogP contribution in [0.1, 0.15) is 31.7 Å². The lowest BCUT2D eigenvalue weighted by Crippen LogP contribution is -2.34. The summed E-state index contributed by atoms with van der Waals surface area (Å²) in [7, 11) is 0. The van der Waals surface area contributed by atoms with Gasteiger partial charge in [0.15, 0.2) is 0 Å². The van der Waals surface area contributed by atoms with Gasteiger partial charge in [0, 0.05) is 36.8 Å². The van der Waals surface area contributed by atoms with Gasteiger partial charge >= 0.3 is 0 Å².